The van der Waals surface area contributed by atoms with E-state index in [4.69, 9.17) is 0 Å². The van der Waals surface area contributed by atoms with E-state index in [0.717, 1.165) is 21.2 Å². The lowest BCUT2D eigenvalue weighted by molar-refractivity contribution is -0.116. The zero-order valence-corrected chi connectivity index (χ0v) is 15.3. The van der Waals surface area contributed by atoms with Crippen LogP contribution in [0.5, 0.6) is 0 Å². The molecule has 0 spiro atoms. The third-order valence-electron chi connectivity index (χ3n) is 3.15. The van der Waals surface area contributed by atoms with Crippen LogP contribution in [-0.2, 0) is 9.59 Å². The van der Waals surface area contributed by atoms with Gasteiger partial charge in [0.15, 0.2) is 0 Å². The molecule has 0 unspecified atom stereocenters. The highest BCUT2D eigenvalue weighted by Gasteiger charge is 2.06. The van der Waals surface area contributed by atoms with E-state index in [-0.39, 0.29) is 11.8 Å². The summed E-state index contributed by atoms with van der Waals surface area (Å²) < 4.78 is 0. The second-order valence-corrected chi connectivity index (χ2v) is 7.07. The summed E-state index contributed by atoms with van der Waals surface area (Å²) in [6.45, 7) is 1.48. The maximum absolute atomic E-state index is 12.1. The van der Waals surface area contributed by atoms with Crippen LogP contribution in [0.3, 0.4) is 0 Å². The van der Waals surface area contributed by atoms with Gasteiger partial charge < -0.3 is 10.6 Å². The number of rotatable bonds is 7. The molecule has 2 aromatic rings. The highest BCUT2D eigenvalue weighted by atomic mass is 32.2. The third kappa shape index (κ3) is 5.94. The molecule has 0 saturated carbocycles. The van der Waals surface area contributed by atoms with Crippen LogP contribution in [0.25, 0.3) is 0 Å². The molecule has 2 rings (SSSR count). The fraction of sp³-hybridized carbons (Fsp3) is 0.222. The third-order valence-corrected chi connectivity index (χ3v) is 4.96. The number of para-hydroxylation sites is 1. The number of anilines is 2. The van der Waals surface area contributed by atoms with Gasteiger partial charge in [0.2, 0.25) is 11.8 Å². The first-order valence-electron chi connectivity index (χ1n) is 7.52. The summed E-state index contributed by atoms with van der Waals surface area (Å²) in [5, 5.41) is 5.69. The molecule has 126 valence electrons. The van der Waals surface area contributed by atoms with Crippen LogP contribution in [0.15, 0.2) is 58.3 Å². The standard InChI is InChI=1S/C18H20N2O2S2/c1-13(21)19-14-7-9-15(10-8-14)24-12-11-18(22)20-16-5-3-4-6-17(16)23-2/h3-10H,11-12H2,1-2H3,(H,19,21)(H,20,22). The fourth-order valence-electron chi connectivity index (χ4n) is 2.06. The molecule has 0 aromatic heterocycles. The Balaban J connectivity index is 1.79. The van der Waals surface area contributed by atoms with Crippen molar-refractivity contribution in [1.82, 2.24) is 0 Å². The van der Waals surface area contributed by atoms with Crippen molar-refractivity contribution in [3.05, 3.63) is 48.5 Å². The van der Waals surface area contributed by atoms with Crippen molar-refractivity contribution in [1.29, 1.82) is 0 Å². The normalized spacial score (nSPS) is 10.2. The molecule has 0 aliphatic heterocycles. The minimum absolute atomic E-state index is 0.0128. The van der Waals surface area contributed by atoms with Gasteiger partial charge in [-0.25, -0.2) is 0 Å². The van der Waals surface area contributed by atoms with E-state index in [1.807, 2.05) is 54.8 Å². The quantitative estimate of drug-likeness (QED) is 0.715. The van der Waals surface area contributed by atoms with Crippen molar-refractivity contribution >= 4 is 46.7 Å². The topological polar surface area (TPSA) is 58.2 Å². The van der Waals surface area contributed by atoms with Crippen LogP contribution >= 0.6 is 23.5 Å². The predicted molar refractivity (Wildman–Crippen MR) is 103 cm³/mol. The maximum Gasteiger partial charge on any atom is 0.225 e. The summed E-state index contributed by atoms with van der Waals surface area (Å²) in [4.78, 5) is 25.2. The molecule has 2 N–H and O–H groups in total. The molecule has 0 saturated heterocycles. The number of hydrogen-bond acceptors (Lipinski definition) is 4. The van der Waals surface area contributed by atoms with Gasteiger partial charge in [-0.15, -0.1) is 23.5 Å². The lowest BCUT2D eigenvalue weighted by atomic mass is 10.3. The van der Waals surface area contributed by atoms with Crippen molar-refractivity contribution in [2.45, 2.75) is 23.1 Å². The summed E-state index contributed by atoms with van der Waals surface area (Å²) in [5.74, 6) is 0.628. The largest absolute Gasteiger partial charge is 0.326 e. The number of hydrogen-bond donors (Lipinski definition) is 2. The maximum atomic E-state index is 12.1. The highest BCUT2D eigenvalue weighted by Crippen LogP contribution is 2.25. The molecule has 24 heavy (non-hydrogen) atoms. The Morgan fingerprint density at radius 3 is 2.38 bits per heavy atom. The average Bonchev–Trinajstić information content (AvgIpc) is 2.56. The van der Waals surface area contributed by atoms with Crippen molar-refractivity contribution in [3.8, 4) is 0 Å². The second kappa shape index (κ2) is 9.39. The monoisotopic (exact) mass is 360 g/mol. The van der Waals surface area contributed by atoms with Crippen molar-refractivity contribution in [2.24, 2.45) is 0 Å². The summed E-state index contributed by atoms with van der Waals surface area (Å²) in [6.07, 6.45) is 2.44. The van der Waals surface area contributed by atoms with E-state index in [2.05, 4.69) is 10.6 Å². The average molecular weight is 361 g/mol. The number of carbonyl (C=O) groups is 2. The Bertz CT molecular complexity index is 702. The molecule has 0 aliphatic carbocycles. The molecule has 0 heterocycles. The lowest BCUT2D eigenvalue weighted by Crippen LogP contribution is -2.12. The molecule has 6 heteroatoms. The van der Waals surface area contributed by atoms with Gasteiger partial charge in [0.1, 0.15) is 0 Å². The zero-order chi connectivity index (χ0) is 17.4. The summed E-state index contributed by atoms with van der Waals surface area (Å²) >= 11 is 3.23. The Morgan fingerprint density at radius 1 is 1.00 bits per heavy atom. The number of nitrogens with one attached hydrogen (secondary N) is 2. The first kappa shape index (κ1) is 18.4. The lowest BCUT2D eigenvalue weighted by Gasteiger charge is -2.09. The minimum atomic E-state index is -0.0856. The summed E-state index contributed by atoms with van der Waals surface area (Å²) in [5.41, 5.74) is 1.64. The Morgan fingerprint density at radius 2 is 1.71 bits per heavy atom. The van der Waals surface area contributed by atoms with Gasteiger partial charge in [-0.3, -0.25) is 9.59 Å². The highest BCUT2D eigenvalue weighted by molar-refractivity contribution is 7.99. The predicted octanol–water partition coefficient (Wildman–Crippen LogP) is 4.49. The molecular weight excluding hydrogens is 340 g/mol. The molecular formula is C18H20N2O2S2. The summed E-state index contributed by atoms with van der Waals surface area (Å²) in [6, 6.07) is 15.4. The van der Waals surface area contributed by atoms with Gasteiger partial charge in [0.25, 0.3) is 0 Å². The molecule has 0 bridgehead atoms. The van der Waals surface area contributed by atoms with E-state index in [1.165, 1.54) is 6.92 Å². The van der Waals surface area contributed by atoms with Gasteiger partial charge in [-0.05, 0) is 42.7 Å². The van der Waals surface area contributed by atoms with Crippen LogP contribution in [0.4, 0.5) is 11.4 Å². The smallest absolute Gasteiger partial charge is 0.225 e. The van der Waals surface area contributed by atoms with Gasteiger partial charge in [-0.2, -0.15) is 0 Å². The molecule has 2 amide bonds. The van der Waals surface area contributed by atoms with Gasteiger partial charge in [0, 0.05) is 34.6 Å². The van der Waals surface area contributed by atoms with Crippen LogP contribution in [0.2, 0.25) is 0 Å². The van der Waals surface area contributed by atoms with E-state index < -0.39 is 0 Å². The summed E-state index contributed by atoms with van der Waals surface area (Å²) in [7, 11) is 0. The molecule has 4 nitrogen and oxygen atoms in total. The second-order valence-electron chi connectivity index (χ2n) is 5.05. The molecule has 0 radical (unpaired) electrons. The molecule has 0 atom stereocenters. The molecule has 0 fully saturated rings. The number of thioether (sulfide) groups is 2. The molecule has 2 aromatic carbocycles. The van der Waals surface area contributed by atoms with Gasteiger partial charge in [-0.1, -0.05) is 12.1 Å². The van der Waals surface area contributed by atoms with Crippen LogP contribution in [0, 0.1) is 0 Å². The van der Waals surface area contributed by atoms with E-state index in [0.29, 0.717) is 12.2 Å². The zero-order valence-electron chi connectivity index (χ0n) is 13.7. The number of amides is 2. The Hall–Kier alpha value is -1.92. The molecule has 0 aliphatic rings. The Labute approximate surface area is 150 Å². The van der Waals surface area contributed by atoms with Gasteiger partial charge in [0.05, 0.1) is 5.69 Å². The van der Waals surface area contributed by atoms with Gasteiger partial charge >= 0.3 is 0 Å². The van der Waals surface area contributed by atoms with E-state index >= 15 is 0 Å². The van der Waals surface area contributed by atoms with Crippen LogP contribution in [-0.4, -0.2) is 23.8 Å². The van der Waals surface area contributed by atoms with Crippen LogP contribution < -0.4 is 10.6 Å². The fourth-order valence-corrected chi connectivity index (χ4v) is 3.47. The van der Waals surface area contributed by atoms with Crippen molar-refractivity contribution in [3.63, 3.8) is 0 Å². The first-order valence-corrected chi connectivity index (χ1v) is 9.73. The Kier molecular flexibility index (Phi) is 7.21. The van der Waals surface area contributed by atoms with E-state index in [9.17, 15) is 9.59 Å². The first-order chi connectivity index (χ1) is 11.6. The van der Waals surface area contributed by atoms with Crippen molar-refractivity contribution < 1.29 is 9.59 Å². The van der Waals surface area contributed by atoms with E-state index in [1.54, 1.807) is 23.5 Å². The minimum Gasteiger partial charge on any atom is -0.326 e. The van der Waals surface area contributed by atoms with Crippen LogP contribution in [0.1, 0.15) is 13.3 Å². The van der Waals surface area contributed by atoms with Crippen molar-refractivity contribution in [2.75, 3.05) is 22.6 Å². The number of benzene rings is 2. The number of carbonyl (C=O) groups excluding carboxylic acids is 2. The SMILES string of the molecule is CSc1ccccc1NC(=O)CCSc1ccc(NC(C)=O)cc1.